The zero-order valence-corrected chi connectivity index (χ0v) is 10.8. The molecule has 5 nitrogen and oxygen atoms in total. The summed E-state index contributed by atoms with van der Waals surface area (Å²) in [4.78, 5) is 24.3. The van der Waals surface area contributed by atoms with Gasteiger partial charge < -0.3 is 15.0 Å². The predicted molar refractivity (Wildman–Crippen MR) is 62.0 cm³/mol. The van der Waals surface area contributed by atoms with Gasteiger partial charge in [0, 0.05) is 13.1 Å². The molecule has 94 valence electrons. The summed E-state index contributed by atoms with van der Waals surface area (Å²) in [6.07, 6.45) is 0. The van der Waals surface area contributed by atoms with Crippen molar-refractivity contribution in [2.24, 2.45) is 5.41 Å². The van der Waals surface area contributed by atoms with E-state index in [9.17, 15) is 9.59 Å². The molecule has 0 aliphatic heterocycles. The highest BCUT2D eigenvalue weighted by Gasteiger charge is 2.22. The summed E-state index contributed by atoms with van der Waals surface area (Å²) in [5.41, 5.74) is -0.0777. The number of rotatable bonds is 5. The summed E-state index contributed by atoms with van der Waals surface area (Å²) in [6, 6.07) is 0. The fourth-order valence-electron chi connectivity index (χ4n) is 1.50. The number of ether oxygens (including phenoxy) is 1. The maximum absolute atomic E-state index is 11.3. The number of hydrogen-bond acceptors (Lipinski definition) is 4. The van der Waals surface area contributed by atoms with Gasteiger partial charge in [-0.3, -0.25) is 4.79 Å². The molecule has 0 aromatic heterocycles. The molecule has 0 heterocycles. The first kappa shape index (κ1) is 14.9. The number of amides is 1. The average molecular weight is 230 g/mol. The molecule has 0 radical (unpaired) electrons. The monoisotopic (exact) mass is 230 g/mol. The number of nitrogens with one attached hydrogen (secondary N) is 1. The Balaban J connectivity index is 4.04. The standard InChI is InChI=1S/C11H22N2O3/c1-6-16-10(15)9(14)12-7-11(2,3)8-13(4)5/h6-8H2,1-5H3,(H,12,14). The molecule has 1 amide bonds. The Hall–Kier alpha value is -1.10. The van der Waals surface area contributed by atoms with Crippen LogP contribution in [0.15, 0.2) is 0 Å². The van der Waals surface area contributed by atoms with Crippen molar-refractivity contribution in [2.45, 2.75) is 20.8 Å². The Labute approximate surface area is 97.1 Å². The lowest BCUT2D eigenvalue weighted by molar-refractivity contribution is -0.154. The van der Waals surface area contributed by atoms with E-state index in [4.69, 9.17) is 0 Å². The second kappa shape index (κ2) is 6.48. The molecule has 0 aliphatic rings. The van der Waals surface area contributed by atoms with E-state index in [-0.39, 0.29) is 12.0 Å². The lowest BCUT2D eigenvalue weighted by Crippen LogP contribution is -2.42. The van der Waals surface area contributed by atoms with Gasteiger partial charge in [-0.25, -0.2) is 4.79 Å². The van der Waals surface area contributed by atoms with Gasteiger partial charge in [0.2, 0.25) is 0 Å². The fraction of sp³-hybridized carbons (Fsp3) is 0.818. The van der Waals surface area contributed by atoms with E-state index in [1.165, 1.54) is 0 Å². The molecule has 0 atom stereocenters. The molecular weight excluding hydrogens is 208 g/mol. The van der Waals surface area contributed by atoms with Gasteiger partial charge in [-0.05, 0) is 26.4 Å². The van der Waals surface area contributed by atoms with Gasteiger partial charge in [-0.1, -0.05) is 13.8 Å². The number of hydrogen-bond donors (Lipinski definition) is 1. The molecule has 0 rings (SSSR count). The summed E-state index contributed by atoms with van der Waals surface area (Å²) in [5, 5.41) is 2.57. The van der Waals surface area contributed by atoms with Crippen molar-refractivity contribution < 1.29 is 14.3 Å². The van der Waals surface area contributed by atoms with Crippen LogP contribution in [0.5, 0.6) is 0 Å². The quantitative estimate of drug-likeness (QED) is 0.543. The number of nitrogens with zero attached hydrogens (tertiary/aromatic N) is 1. The minimum Gasteiger partial charge on any atom is -0.459 e. The second-order valence-corrected chi connectivity index (χ2v) is 4.81. The number of carbonyl (C=O) groups excluding carboxylic acids is 2. The van der Waals surface area contributed by atoms with Crippen molar-refractivity contribution in [1.82, 2.24) is 10.2 Å². The van der Waals surface area contributed by atoms with Gasteiger partial charge >= 0.3 is 11.9 Å². The van der Waals surface area contributed by atoms with Crippen molar-refractivity contribution in [3.8, 4) is 0 Å². The van der Waals surface area contributed by atoms with Gasteiger partial charge in [-0.15, -0.1) is 0 Å². The number of carbonyl (C=O) groups is 2. The van der Waals surface area contributed by atoms with E-state index in [0.29, 0.717) is 6.54 Å². The van der Waals surface area contributed by atoms with Crippen molar-refractivity contribution >= 4 is 11.9 Å². The molecule has 0 fully saturated rings. The van der Waals surface area contributed by atoms with E-state index in [0.717, 1.165) is 6.54 Å². The molecule has 0 bridgehead atoms. The smallest absolute Gasteiger partial charge is 0.396 e. The molecule has 0 aromatic carbocycles. The molecule has 16 heavy (non-hydrogen) atoms. The Morgan fingerprint density at radius 1 is 1.31 bits per heavy atom. The molecule has 1 N–H and O–H groups in total. The van der Waals surface area contributed by atoms with E-state index in [2.05, 4.69) is 10.1 Å². The van der Waals surface area contributed by atoms with Crippen LogP contribution in [0, 0.1) is 5.41 Å². The maximum atomic E-state index is 11.3. The van der Waals surface area contributed by atoms with Gasteiger partial charge in [0.05, 0.1) is 6.61 Å². The van der Waals surface area contributed by atoms with Crippen LogP contribution in [-0.4, -0.2) is 50.6 Å². The molecule has 0 saturated heterocycles. The minimum atomic E-state index is -0.817. The van der Waals surface area contributed by atoms with Crippen LogP contribution in [0.3, 0.4) is 0 Å². The van der Waals surface area contributed by atoms with Crippen LogP contribution in [0.4, 0.5) is 0 Å². The van der Waals surface area contributed by atoms with E-state index in [1.807, 2.05) is 32.8 Å². The van der Waals surface area contributed by atoms with Crippen molar-refractivity contribution in [3.05, 3.63) is 0 Å². The van der Waals surface area contributed by atoms with E-state index < -0.39 is 11.9 Å². The Morgan fingerprint density at radius 3 is 2.31 bits per heavy atom. The third kappa shape index (κ3) is 6.40. The fourth-order valence-corrected chi connectivity index (χ4v) is 1.50. The summed E-state index contributed by atoms with van der Waals surface area (Å²) >= 11 is 0. The summed E-state index contributed by atoms with van der Waals surface area (Å²) < 4.78 is 4.59. The third-order valence-electron chi connectivity index (χ3n) is 1.93. The van der Waals surface area contributed by atoms with Gasteiger partial charge in [0.25, 0.3) is 0 Å². The van der Waals surface area contributed by atoms with E-state index in [1.54, 1.807) is 6.92 Å². The van der Waals surface area contributed by atoms with Gasteiger partial charge in [0.1, 0.15) is 0 Å². The van der Waals surface area contributed by atoms with Crippen molar-refractivity contribution in [1.29, 1.82) is 0 Å². The summed E-state index contributed by atoms with van der Waals surface area (Å²) in [6.45, 7) is 7.21. The van der Waals surface area contributed by atoms with Crippen LogP contribution in [0.1, 0.15) is 20.8 Å². The first-order valence-electron chi connectivity index (χ1n) is 5.38. The van der Waals surface area contributed by atoms with Crippen LogP contribution in [0.2, 0.25) is 0 Å². The summed E-state index contributed by atoms with van der Waals surface area (Å²) in [7, 11) is 3.93. The third-order valence-corrected chi connectivity index (χ3v) is 1.93. The first-order chi connectivity index (χ1) is 7.28. The second-order valence-electron chi connectivity index (χ2n) is 4.81. The van der Waals surface area contributed by atoms with E-state index >= 15 is 0 Å². The normalized spacial score (nSPS) is 11.4. The SMILES string of the molecule is CCOC(=O)C(=O)NCC(C)(C)CN(C)C. The summed E-state index contributed by atoms with van der Waals surface area (Å²) in [5.74, 6) is -1.49. The molecule has 5 heteroatoms. The zero-order valence-electron chi connectivity index (χ0n) is 10.8. The molecule has 0 spiro atoms. The average Bonchev–Trinajstić information content (AvgIpc) is 2.12. The van der Waals surface area contributed by atoms with Gasteiger partial charge in [-0.2, -0.15) is 0 Å². The Bertz CT molecular complexity index is 250. The highest BCUT2D eigenvalue weighted by atomic mass is 16.5. The van der Waals surface area contributed by atoms with Crippen LogP contribution >= 0.6 is 0 Å². The largest absolute Gasteiger partial charge is 0.459 e. The van der Waals surface area contributed by atoms with Crippen LogP contribution in [0.25, 0.3) is 0 Å². The Morgan fingerprint density at radius 2 is 1.88 bits per heavy atom. The molecular formula is C11H22N2O3. The zero-order chi connectivity index (χ0) is 12.8. The highest BCUT2D eigenvalue weighted by molar-refractivity contribution is 6.32. The van der Waals surface area contributed by atoms with Gasteiger partial charge in [0.15, 0.2) is 0 Å². The van der Waals surface area contributed by atoms with Crippen molar-refractivity contribution in [2.75, 3.05) is 33.8 Å². The molecule has 0 saturated carbocycles. The Kier molecular flexibility index (Phi) is 6.03. The predicted octanol–water partition coefficient (Wildman–Crippen LogP) is 0.254. The highest BCUT2D eigenvalue weighted by Crippen LogP contribution is 2.13. The number of esters is 1. The lowest BCUT2D eigenvalue weighted by Gasteiger charge is -2.28. The first-order valence-corrected chi connectivity index (χ1v) is 5.38. The van der Waals surface area contributed by atoms with Crippen molar-refractivity contribution in [3.63, 3.8) is 0 Å². The maximum Gasteiger partial charge on any atom is 0.396 e. The molecule has 0 unspecified atom stereocenters. The van der Waals surface area contributed by atoms with Crippen LogP contribution in [-0.2, 0) is 14.3 Å². The molecule has 0 aliphatic carbocycles. The lowest BCUT2D eigenvalue weighted by atomic mass is 9.93. The minimum absolute atomic E-state index is 0.0777. The molecule has 0 aromatic rings. The van der Waals surface area contributed by atoms with Crippen LogP contribution < -0.4 is 5.32 Å². The topological polar surface area (TPSA) is 58.6 Å².